The van der Waals surface area contributed by atoms with Crippen LogP contribution in [0.25, 0.3) is 11.8 Å². The zero-order valence-electron chi connectivity index (χ0n) is 16.5. The molecule has 8 nitrogen and oxygen atoms in total. The molecule has 0 aromatic heterocycles. The van der Waals surface area contributed by atoms with Crippen LogP contribution in [0, 0.1) is 0 Å². The van der Waals surface area contributed by atoms with Crippen LogP contribution < -0.4 is 15.2 Å². The summed E-state index contributed by atoms with van der Waals surface area (Å²) in [6, 6.07) is 4.85. The van der Waals surface area contributed by atoms with Gasteiger partial charge in [-0.25, -0.2) is 13.2 Å². The predicted molar refractivity (Wildman–Crippen MR) is 106 cm³/mol. The fourth-order valence-corrected chi connectivity index (χ4v) is 3.06. The highest BCUT2D eigenvalue weighted by molar-refractivity contribution is 7.92. The topological polar surface area (TPSA) is 102 Å². The SMILES string of the molecule is COC(=O)CC1=c2ccc(NS(C)(=O)=O)cc2=CN(C(=O)OC(C)(C)C)C=C1. The van der Waals surface area contributed by atoms with Gasteiger partial charge in [-0.05, 0) is 49.8 Å². The molecular weight excluding hydrogens is 384 g/mol. The third-order valence-electron chi connectivity index (χ3n) is 3.58. The molecule has 0 unspecified atom stereocenters. The summed E-state index contributed by atoms with van der Waals surface area (Å²) in [5.74, 6) is -0.436. The van der Waals surface area contributed by atoms with Crippen molar-refractivity contribution in [2.75, 3.05) is 18.1 Å². The molecule has 1 N–H and O–H groups in total. The third kappa shape index (κ3) is 6.12. The van der Waals surface area contributed by atoms with Gasteiger partial charge in [-0.3, -0.25) is 14.4 Å². The van der Waals surface area contributed by atoms with Gasteiger partial charge in [0.05, 0.1) is 19.8 Å². The van der Waals surface area contributed by atoms with E-state index >= 15 is 0 Å². The molecule has 0 saturated carbocycles. The molecule has 28 heavy (non-hydrogen) atoms. The van der Waals surface area contributed by atoms with Crippen LogP contribution >= 0.6 is 0 Å². The van der Waals surface area contributed by atoms with Crippen LogP contribution in [0.3, 0.4) is 0 Å². The zero-order chi connectivity index (χ0) is 21.1. The van der Waals surface area contributed by atoms with E-state index in [4.69, 9.17) is 9.47 Å². The van der Waals surface area contributed by atoms with E-state index in [1.165, 1.54) is 24.4 Å². The van der Waals surface area contributed by atoms with Crippen molar-refractivity contribution in [3.05, 3.63) is 40.9 Å². The van der Waals surface area contributed by atoms with Gasteiger partial charge in [0, 0.05) is 23.3 Å². The Balaban J connectivity index is 2.59. The Morgan fingerprint density at radius 3 is 2.46 bits per heavy atom. The highest BCUT2D eigenvalue weighted by Gasteiger charge is 2.21. The molecule has 1 amide bonds. The van der Waals surface area contributed by atoms with Crippen molar-refractivity contribution in [2.24, 2.45) is 0 Å². The summed E-state index contributed by atoms with van der Waals surface area (Å²) >= 11 is 0. The van der Waals surface area contributed by atoms with E-state index < -0.39 is 27.7 Å². The van der Waals surface area contributed by atoms with E-state index in [9.17, 15) is 18.0 Å². The smallest absolute Gasteiger partial charge is 0.418 e. The van der Waals surface area contributed by atoms with Crippen LogP contribution in [0.5, 0.6) is 0 Å². The third-order valence-corrected chi connectivity index (χ3v) is 4.19. The fraction of sp³-hybridized carbons (Fsp3) is 0.368. The molecule has 0 bridgehead atoms. The van der Waals surface area contributed by atoms with Gasteiger partial charge in [-0.1, -0.05) is 6.07 Å². The predicted octanol–water partition coefficient (Wildman–Crippen LogP) is 1.27. The standard InChI is InChI=1S/C19H24N2O6S/c1-19(2,3)27-18(23)21-9-8-13(11-17(22)26-4)16-7-6-15(10-14(16)12-21)20-28(5,24)25/h6-10,12,20H,11H2,1-5H3. The second-order valence-corrected chi connectivity index (χ2v) is 9.04. The lowest BCUT2D eigenvalue weighted by Crippen LogP contribution is -2.34. The van der Waals surface area contributed by atoms with Gasteiger partial charge in [0.1, 0.15) is 5.60 Å². The van der Waals surface area contributed by atoms with Crippen LogP contribution in [-0.4, -0.2) is 44.3 Å². The number of rotatable bonds is 4. The summed E-state index contributed by atoms with van der Waals surface area (Å²) < 4.78 is 35.6. The van der Waals surface area contributed by atoms with Crippen molar-refractivity contribution in [1.82, 2.24) is 4.90 Å². The number of hydrogen-bond donors (Lipinski definition) is 1. The Kier molecular flexibility index (Phi) is 6.18. The van der Waals surface area contributed by atoms with E-state index in [0.29, 0.717) is 21.7 Å². The van der Waals surface area contributed by atoms with E-state index in [-0.39, 0.29) is 6.42 Å². The molecule has 0 spiro atoms. The number of nitrogens with one attached hydrogen (secondary N) is 1. The van der Waals surface area contributed by atoms with Crippen LogP contribution in [0.2, 0.25) is 0 Å². The molecule has 1 aromatic carbocycles. The molecule has 0 aliphatic carbocycles. The summed E-state index contributed by atoms with van der Waals surface area (Å²) in [5, 5.41) is 1.22. The zero-order valence-corrected chi connectivity index (χ0v) is 17.3. The number of fused-ring (bicyclic) bond motifs is 1. The molecule has 9 heteroatoms. The molecular formula is C19H24N2O6S. The molecule has 1 aliphatic heterocycles. The Bertz CT molecular complexity index is 1040. The van der Waals surface area contributed by atoms with E-state index in [2.05, 4.69) is 4.72 Å². The number of hydrogen-bond acceptors (Lipinski definition) is 6. The van der Waals surface area contributed by atoms with E-state index in [0.717, 1.165) is 6.26 Å². The highest BCUT2D eigenvalue weighted by Crippen LogP contribution is 2.14. The second kappa shape index (κ2) is 8.05. The number of carbonyl (C=O) groups is 2. The molecule has 2 rings (SSSR count). The molecule has 0 saturated heterocycles. The molecule has 1 aromatic rings. The maximum Gasteiger partial charge on any atom is 0.418 e. The number of benzene rings is 1. The minimum atomic E-state index is -3.47. The fourth-order valence-electron chi connectivity index (χ4n) is 2.50. The summed E-state index contributed by atoms with van der Waals surface area (Å²) in [6.07, 6.45) is 5.09. The minimum absolute atomic E-state index is 0.00511. The first-order valence-electron chi connectivity index (χ1n) is 8.47. The molecule has 1 aliphatic rings. The number of methoxy groups -OCH3 is 1. The number of carbonyl (C=O) groups excluding carboxylic acids is 2. The van der Waals surface area contributed by atoms with Crippen molar-refractivity contribution in [3.63, 3.8) is 0 Å². The second-order valence-electron chi connectivity index (χ2n) is 7.29. The number of amides is 1. The number of nitrogens with zero attached hydrogens (tertiary/aromatic N) is 1. The molecule has 152 valence electrons. The van der Waals surface area contributed by atoms with Crippen molar-refractivity contribution in [3.8, 4) is 0 Å². The highest BCUT2D eigenvalue weighted by atomic mass is 32.2. The van der Waals surface area contributed by atoms with Gasteiger partial charge < -0.3 is 9.47 Å². The number of sulfonamides is 1. The summed E-state index contributed by atoms with van der Waals surface area (Å²) in [7, 11) is -2.17. The van der Waals surface area contributed by atoms with Gasteiger partial charge in [-0.15, -0.1) is 0 Å². The van der Waals surface area contributed by atoms with Crippen LogP contribution in [0.4, 0.5) is 10.5 Å². The lowest BCUT2D eigenvalue weighted by molar-refractivity contribution is -0.139. The van der Waals surface area contributed by atoms with Crippen molar-refractivity contribution >= 4 is 39.5 Å². The molecule has 1 heterocycles. The first kappa shape index (κ1) is 21.5. The number of ether oxygens (including phenoxy) is 2. The monoisotopic (exact) mass is 408 g/mol. The Morgan fingerprint density at radius 1 is 1.21 bits per heavy atom. The van der Waals surface area contributed by atoms with Gasteiger partial charge in [0.15, 0.2) is 0 Å². The number of allylic oxidation sites excluding steroid dienone is 1. The lowest BCUT2D eigenvalue weighted by Gasteiger charge is -2.23. The number of anilines is 1. The maximum atomic E-state index is 12.5. The Morgan fingerprint density at radius 2 is 1.89 bits per heavy atom. The largest absolute Gasteiger partial charge is 0.469 e. The van der Waals surface area contributed by atoms with Gasteiger partial charge >= 0.3 is 12.1 Å². The Hall–Kier alpha value is -2.81. The maximum absolute atomic E-state index is 12.5. The lowest BCUT2D eigenvalue weighted by atomic mass is 10.1. The quantitative estimate of drug-likeness (QED) is 0.753. The first-order chi connectivity index (χ1) is 12.9. The average molecular weight is 408 g/mol. The van der Waals surface area contributed by atoms with Crippen molar-refractivity contribution in [1.29, 1.82) is 0 Å². The normalized spacial score (nSPS) is 13.9. The molecule has 0 radical (unpaired) electrons. The average Bonchev–Trinajstić information content (AvgIpc) is 2.71. The van der Waals surface area contributed by atoms with Gasteiger partial charge in [-0.2, -0.15) is 0 Å². The van der Waals surface area contributed by atoms with Crippen molar-refractivity contribution < 1.29 is 27.5 Å². The summed E-state index contributed by atoms with van der Waals surface area (Å²) in [5.41, 5.74) is 0.266. The summed E-state index contributed by atoms with van der Waals surface area (Å²) in [4.78, 5) is 25.5. The molecule has 0 fully saturated rings. The number of esters is 1. The minimum Gasteiger partial charge on any atom is -0.469 e. The van der Waals surface area contributed by atoms with Crippen LogP contribution in [0.1, 0.15) is 27.2 Å². The van der Waals surface area contributed by atoms with Crippen LogP contribution in [0.15, 0.2) is 30.5 Å². The Labute approximate surface area is 164 Å². The van der Waals surface area contributed by atoms with Gasteiger partial charge in [0.25, 0.3) is 0 Å². The van der Waals surface area contributed by atoms with E-state index in [1.807, 2.05) is 0 Å². The van der Waals surface area contributed by atoms with Crippen molar-refractivity contribution in [2.45, 2.75) is 32.8 Å². The van der Waals surface area contributed by atoms with Gasteiger partial charge in [0.2, 0.25) is 10.0 Å². The summed E-state index contributed by atoms with van der Waals surface area (Å²) in [6.45, 7) is 5.26. The van der Waals surface area contributed by atoms with Crippen LogP contribution in [-0.2, 0) is 24.3 Å². The van der Waals surface area contributed by atoms with E-state index in [1.54, 1.807) is 45.0 Å². The molecule has 0 atom stereocenters. The first-order valence-corrected chi connectivity index (χ1v) is 10.4.